The number of nitrogens with one attached hydrogen (secondary N) is 1. The maximum absolute atomic E-state index is 12.4. The Kier molecular flexibility index (Phi) is 6.82. The first-order chi connectivity index (χ1) is 15.2. The quantitative estimate of drug-likeness (QED) is 0.719. The summed E-state index contributed by atoms with van der Waals surface area (Å²) >= 11 is 0. The van der Waals surface area contributed by atoms with Gasteiger partial charge in [-0.25, -0.2) is 4.98 Å². The van der Waals surface area contributed by atoms with Crippen LogP contribution in [0.5, 0.6) is 0 Å². The predicted molar refractivity (Wildman–Crippen MR) is 120 cm³/mol. The van der Waals surface area contributed by atoms with Gasteiger partial charge in [0.1, 0.15) is 17.7 Å². The number of ether oxygens (including phenoxy) is 2. The monoisotopic (exact) mass is 420 g/mol. The smallest absolute Gasteiger partial charge is 0.256 e. The van der Waals surface area contributed by atoms with Crippen LogP contribution in [0.25, 0.3) is 0 Å². The fourth-order valence-electron chi connectivity index (χ4n) is 3.81. The topological polar surface area (TPSA) is 76.6 Å². The second-order valence-electron chi connectivity index (χ2n) is 7.57. The maximum Gasteiger partial charge on any atom is 0.256 e. The summed E-state index contributed by atoms with van der Waals surface area (Å²) in [5.74, 6) is 2.75. The SMILES string of the molecule is CCOC1=C(OC2CCCN(c3cncc(NC(=O)c4ccccc4)n3)C2)C=CCC1. The number of hydrogen-bond donors (Lipinski definition) is 1. The van der Waals surface area contributed by atoms with Crippen LogP contribution >= 0.6 is 0 Å². The maximum atomic E-state index is 12.4. The fourth-order valence-corrected chi connectivity index (χ4v) is 3.81. The first-order valence-electron chi connectivity index (χ1n) is 10.9. The van der Waals surface area contributed by atoms with Crippen LogP contribution < -0.4 is 10.2 Å². The van der Waals surface area contributed by atoms with Crippen LogP contribution in [0.1, 0.15) is 43.0 Å². The Labute approximate surface area is 182 Å². The number of benzene rings is 1. The molecule has 0 saturated carbocycles. The predicted octanol–water partition coefficient (Wildman–Crippen LogP) is 4.31. The van der Waals surface area contributed by atoms with Gasteiger partial charge in [-0.3, -0.25) is 9.78 Å². The van der Waals surface area contributed by atoms with Crippen LogP contribution in [-0.4, -0.2) is 41.7 Å². The molecule has 1 saturated heterocycles. The first-order valence-corrected chi connectivity index (χ1v) is 10.9. The molecule has 1 aromatic carbocycles. The molecule has 0 spiro atoms. The largest absolute Gasteiger partial charge is 0.494 e. The van der Waals surface area contributed by atoms with Crippen molar-refractivity contribution in [1.29, 1.82) is 0 Å². The van der Waals surface area contributed by atoms with Crippen molar-refractivity contribution in [2.75, 3.05) is 29.9 Å². The Hall–Kier alpha value is -3.35. The highest BCUT2D eigenvalue weighted by Crippen LogP contribution is 2.26. The summed E-state index contributed by atoms with van der Waals surface area (Å²) in [4.78, 5) is 23.5. The van der Waals surface area contributed by atoms with Crippen LogP contribution in [0.3, 0.4) is 0 Å². The molecule has 162 valence electrons. The van der Waals surface area contributed by atoms with Crippen molar-refractivity contribution in [2.45, 2.75) is 38.7 Å². The van der Waals surface area contributed by atoms with Crippen LogP contribution in [-0.2, 0) is 9.47 Å². The van der Waals surface area contributed by atoms with E-state index in [2.05, 4.69) is 26.3 Å². The number of nitrogens with zero attached hydrogens (tertiary/aromatic N) is 3. The molecule has 0 radical (unpaired) electrons. The highest BCUT2D eigenvalue weighted by atomic mass is 16.5. The molecular weight excluding hydrogens is 392 g/mol. The molecule has 2 aromatic rings. The van der Waals surface area contributed by atoms with Crippen LogP contribution in [0.2, 0.25) is 0 Å². The molecule has 7 heteroatoms. The Balaban J connectivity index is 1.42. The van der Waals surface area contributed by atoms with Gasteiger partial charge in [0.15, 0.2) is 11.6 Å². The van der Waals surface area contributed by atoms with E-state index in [1.165, 1.54) is 0 Å². The highest BCUT2D eigenvalue weighted by Gasteiger charge is 2.25. The summed E-state index contributed by atoms with van der Waals surface area (Å²) in [6, 6.07) is 9.08. The summed E-state index contributed by atoms with van der Waals surface area (Å²) in [5, 5.41) is 2.83. The Bertz CT molecular complexity index is 958. The molecule has 4 rings (SSSR count). The lowest BCUT2D eigenvalue weighted by molar-refractivity contribution is 0.0877. The minimum absolute atomic E-state index is 0.0475. The van der Waals surface area contributed by atoms with Gasteiger partial charge in [-0.05, 0) is 44.4 Å². The molecule has 1 fully saturated rings. The Morgan fingerprint density at radius 3 is 2.97 bits per heavy atom. The minimum atomic E-state index is -0.202. The van der Waals surface area contributed by atoms with Gasteiger partial charge in [0.2, 0.25) is 0 Å². The fraction of sp³-hybridized carbons (Fsp3) is 0.375. The van der Waals surface area contributed by atoms with Gasteiger partial charge < -0.3 is 19.7 Å². The summed E-state index contributed by atoms with van der Waals surface area (Å²) in [7, 11) is 0. The molecule has 1 unspecified atom stereocenters. The zero-order valence-corrected chi connectivity index (χ0v) is 17.8. The number of rotatable bonds is 7. The van der Waals surface area contributed by atoms with Gasteiger partial charge in [-0.1, -0.05) is 24.3 Å². The average molecular weight is 421 g/mol. The van der Waals surface area contributed by atoms with Gasteiger partial charge in [-0.2, -0.15) is 0 Å². The van der Waals surface area contributed by atoms with Crippen molar-refractivity contribution >= 4 is 17.5 Å². The number of carbonyl (C=O) groups is 1. The third kappa shape index (κ3) is 5.42. The number of allylic oxidation sites excluding steroid dienone is 3. The normalized spacial score (nSPS) is 18.6. The average Bonchev–Trinajstić information content (AvgIpc) is 2.81. The molecule has 1 aromatic heterocycles. The molecule has 1 aliphatic carbocycles. The van der Waals surface area contributed by atoms with Gasteiger partial charge in [0.05, 0.1) is 25.5 Å². The van der Waals surface area contributed by atoms with Crippen molar-refractivity contribution in [3.8, 4) is 0 Å². The first kappa shape index (κ1) is 20.9. The third-order valence-corrected chi connectivity index (χ3v) is 5.30. The van der Waals surface area contributed by atoms with Gasteiger partial charge >= 0.3 is 0 Å². The zero-order valence-electron chi connectivity index (χ0n) is 17.8. The van der Waals surface area contributed by atoms with Gasteiger partial charge in [0.25, 0.3) is 5.91 Å². The lowest BCUT2D eigenvalue weighted by Crippen LogP contribution is -2.40. The third-order valence-electron chi connectivity index (χ3n) is 5.30. The second-order valence-corrected chi connectivity index (χ2v) is 7.57. The number of hydrogen-bond acceptors (Lipinski definition) is 6. The van der Waals surface area contributed by atoms with Crippen molar-refractivity contribution in [2.24, 2.45) is 0 Å². The molecule has 1 aliphatic heterocycles. The van der Waals surface area contributed by atoms with Crippen molar-refractivity contribution in [3.63, 3.8) is 0 Å². The van der Waals surface area contributed by atoms with Crippen molar-refractivity contribution in [1.82, 2.24) is 9.97 Å². The minimum Gasteiger partial charge on any atom is -0.494 e. The Morgan fingerprint density at radius 1 is 1.26 bits per heavy atom. The molecular formula is C24H28N4O3. The lowest BCUT2D eigenvalue weighted by atomic mass is 10.1. The van der Waals surface area contributed by atoms with E-state index >= 15 is 0 Å². The molecule has 1 atom stereocenters. The standard InChI is InChI=1S/C24H28N4O3/c1-2-30-20-12-6-7-13-21(20)31-19-11-8-14-28(17-19)23-16-25-15-22(26-23)27-24(29)18-9-4-3-5-10-18/h3-5,7,9-10,13,15-16,19H,2,6,8,11-12,14,17H2,1H3,(H,26,27,29). The molecule has 1 amide bonds. The molecule has 2 heterocycles. The summed E-state index contributed by atoms with van der Waals surface area (Å²) < 4.78 is 12.1. The molecule has 0 bridgehead atoms. The van der Waals surface area contributed by atoms with Crippen LogP contribution in [0.4, 0.5) is 11.6 Å². The number of carbonyl (C=O) groups excluding carboxylic acids is 1. The molecule has 1 N–H and O–H groups in total. The van der Waals surface area contributed by atoms with E-state index in [-0.39, 0.29) is 12.0 Å². The lowest BCUT2D eigenvalue weighted by Gasteiger charge is -2.34. The number of piperidine rings is 1. The van der Waals surface area contributed by atoms with E-state index in [1.54, 1.807) is 24.5 Å². The highest BCUT2D eigenvalue weighted by molar-refractivity contribution is 6.03. The van der Waals surface area contributed by atoms with E-state index in [4.69, 9.17) is 9.47 Å². The Morgan fingerprint density at radius 2 is 2.13 bits per heavy atom. The van der Waals surface area contributed by atoms with E-state index < -0.39 is 0 Å². The van der Waals surface area contributed by atoms with E-state index in [9.17, 15) is 4.79 Å². The summed E-state index contributed by atoms with van der Waals surface area (Å²) in [6.07, 6.45) is 11.3. The molecule has 7 nitrogen and oxygen atoms in total. The molecule has 2 aliphatic rings. The van der Waals surface area contributed by atoms with Crippen LogP contribution in [0.15, 0.2) is 66.4 Å². The van der Waals surface area contributed by atoms with E-state index in [0.717, 1.165) is 49.6 Å². The van der Waals surface area contributed by atoms with Crippen LogP contribution in [0, 0.1) is 0 Å². The van der Waals surface area contributed by atoms with E-state index in [1.807, 2.05) is 31.2 Å². The van der Waals surface area contributed by atoms with E-state index in [0.29, 0.717) is 24.5 Å². The molecule has 31 heavy (non-hydrogen) atoms. The zero-order chi connectivity index (χ0) is 21.5. The number of anilines is 2. The van der Waals surface area contributed by atoms with Crippen molar-refractivity contribution < 1.29 is 14.3 Å². The van der Waals surface area contributed by atoms with Crippen molar-refractivity contribution in [3.05, 3.63) is 72.0 Å². The second kappa shape index (κ2) is 10.1. The van der Waals surface area contributed by atoms with Gasteiger partial charge in [-0.15, -0.1) is 0 Å². The summed E-state index contributed by atoms with van der Waals surface area (Å²) in [6.45, 7) is 4.22. The van der Waals surface area contributed by atoms with Gasteiger partial charge in [0, 0.05) is 18.5 Å². The summed E-state index contributed by atoms with van der Waals surface area (Å²) in [5.41, 5.74) is 0.583. The number of amides is 1. The number of aromatic nitrogens is 2.